The Labute approximate surface area is 225 Å². The van der Waals surface area contributed by atoms with Crippen LogP contribution in [0.15, 0.2) is 72.8 Å². The SMILES string of the molecule is CC(C)(O)C=Cc1ccc(-n2nc(C(N)=O)c3c2-c2cc(NC(=O)c4ccccc4Cl)ccc2CC3)cc1. The molecule has 1 heterocycles. The van der Waals surface area contributed by atoms with Crippen LogP contribution in [0.2, 0.25) is 5.02 Å². The number of carbonyl (C=O) groups is 2. The van der Waals surface area contributed by atoms with Gasteiger partial charge in [0.25, 0.3) is 11.8 Å². The number of benzene rings is 3. The standard InChI is InChI=1S/C30H27ClN4O3/c1-30(2,38)16-15-18-7-12-21(13-8-18)35-27-23(26(34-35)28(32)36)14-10-19-9-11-20(17-24(19)27)33-29(37)22-5-3-4-6-25(22)31/h3-9,11-13,15-17,38H,10,14H2,1-2H3,(H2,32,36)(H,33,37). The number of nitrogens with two attached hydrogens (primary N) is 1. The molecular formula is C30H27ClN4O3. The Bertz CT molecular complexity index is 1580. The Hall–Kier alpha value is -4.20. The first-order chi connectivity index (χ1) is 18.1. The zero-order chi connectivity index (χ0) is 27.0. The topological polar surface area (TPSA) is 110 Å². The van der Waals surface area contributed by atoms with E-state index in [1.54, 1.807) is 48.9 Å². The van der Waals surface area contributed by atoms with E-state index in [0.717, 1.165) is 33.6 Å². The highest BCUT2D eigenvalue weighted by atomic mass is 35.5. The van der Waals surface area contributed by atoms with E-state index in [1.165, 1.54) is 0 Å². The monoisotopic (exact) mass is 526 g/mol. The van der Waals surface area contributed by atoms with Crippen LogP contribution in [0.5, 0.6) is 0 Å². The van der Waals surface area contributed by atoms with Gasteiger partial charge in [-0.3, -0.25) is 9.59 Å². The molecule has 192 valence electrons. The number of hydrogen-bond donors (Lipinski definition) is 3. The number of aromatic nitrogens is 2. The van der Waals surface area contributed by atoms with Crippen LogP contribution in [0.1, 0.15) is 51.4 Å². The van der Waals surface area contributed by atoms with Crippen molar-refractivity contribution in [1.82, 2.24) is 9.78 Å². The summed E-state index contributed by atoms with van der Waals surface area (Å²) in [6.07, 6.45) is 4.91. The molecule has 7 nitrogen and oxygen atoms in total. The molecule has 0 bridgehead atoms. The van der Waals surface area contributed by atoms with Crippen molar-refractivity contribution in [2.24, 2.45) is 5.73 Å². The molecule has 0 aliphatic heterocycles. The van der Waals surface area contributed by atoms with Gasteiger partial charge in [0, 0.05) is 16.8 Å². The number of rotatable bonds is 6. The average Bonchev–Trinajstić information content (AvgIpc) is 3.28. The van der Waals surface area contributed by atoms with E-state index in [2.05, 4.69) is 10.4 Å². The number of nitrogens with zero attached hydrogens (tertiary/aromatic N) is 2. The number of aryl methyl sites for hydroxylation is 1. The van der Waals surface area contributed by atoms with Crippen molar-refractivity contribution in [3.63, 3.8) is 0 Å². The highest BCUT2D eigenvalue weighted by Crippen LogP contribution is 2.38. The lowest BCUT2D eigenvalue weighted by molar-refractivity contribution is 0.0992. The molecule has 4 N–H and O–H groups in total. The van der Waals surface area contributed by atoms with E-state index in [1.807, 2.05) is 48.5 Å². The van der Waals surface area contributed by atoms with Crippen LogP contribution in [-0.2, 0) is 12.8 Å². The van der Waals surface area contributed by atoms with Crippen LogP contribution < -0.4 is 11.1 Å². The summed E-state index contributed by atoms with van der Waals surface area (Å²) in [7, 11) is 0. The predicted octanol–water partition coefficient (Wildman–Crippen LogP) is 5.43. The summed E-state index contributed by atoms with van der Waals surface area (Å²) >= 11 is 6.21. The number of anilines is 1. The fourth-order valence-electron chi connectivity index (χ4n) is 4.57. The lowest BCUT2D eigenvalue weighted by Crippen LogP contribution is -2.15. The summed E-state index contributed by atoms with van der Waals surface area (Å²) in [5.41, 5.74) is 11.2. The van der Waals surface area contributed by atoms with Crippen molar-refractivity contribution in [1.29, 1.82) is 0 Å². The summed E-state index contributed by atoms with van der Waals surface area (Å²) in [5, 5.41) is 17.9. The number of fused-ring (bicyclic) bond motifs is 3. The lowest BCUT2D eigenvalue weighted by Gasteiger charge is -2.20. The number of amides is 2. The zero-order valence-corrected chi connectivity index (χ0v) is 21.8. The maximum absolute atomic E-state index is 12.9. The van der Waals surface area contributed by atoms with Gasteiger partial charge in [0.05, 0.1) is 27.6 Å². The van der Waals surface area contributed by atoms with Gasteiger partial charge in [0.15, 0.2) is 5.69 Å². The molecule has 0 atom stereocenters. The minimum absolute atomic E-state index is 0.238. The summed E-state index contributed by atoms with van der Waals surface area (Å²) in [5.74, 6) is -0.899. The number of primary amides is 1. The summed E-state index contributed by atoms with van der Waals surface area (Å²) in [4.78, 5) is 25.2. The average molecular weight is 527 g/mol. The molecule has 1 aromatic heterocycles. The molecule has 1 aliphatic carbocycles. The van der Waals surface area contributed by atoms with Crippen LogP contribution >= 0.6 is 11.6 Å². The molecule has 0 saturated carbocycles. The molecular weight excluding hydrogens is 500 g/mol. The van der Waals surface area contributed by atoms with Crippen LogP contribution in [0.4, 0.5) is 5.69 Å². The predicted molar refractivity (Wildman–Crippen MR) is 150 cm³/mol. The van der Waals surface area contributed by atoms with Crippen LogP contribution in [-0.4, -0.2) is 32.3 Å². The highest BCUT2D eigenvalue weighted by Gasteiger charge is 2.28. The molecule has 0 fully saturated rings. The van der Waals surface area contributed by atoms with E-state index >= 15 is 0 Å². The number of aliphatic hydroxyl groups is 1. The number of hydrogen-bond acceptors (Lipinski definition) is 4. The maximum Gasteiger partial charge on any atom is 0.269 e. The fourth-order valence-corrected chi connectivity index (χ4v) is 4.79. The molecule has 5 rings (SSSR count). The van der Waals surface area contributed by atoms with E-state index < -0.39 is 11.5 Å². The zero-order valence-electron chi connectivity index (χ0n) is 21.0. The van der Waals surface area contributed by atoms with Gasteiger partial charge in [-0.2, -0.15) is 5.10 Å². The number of halogens is 1. The van der Waals surface area contributed by atoms with Crippen LogP contribution in [0.3, 0.4) is 0 Å². The molecule has 4 aromatic rings. The lowest BCUT2D eigenvalue weighted by atomic mass is 9.88. The Balaban J connectivity index is 1.55. The van der Waals surface area contributed by atoms with Gasteiger partial charge in [-0.25, -0.2) is 4.68 Å². The second kappa shape index (κ2) is 9.93. The fraction of sp³-hybridized carbons (Fsp3) is 0.167. The molecule has 0 saturated heterocycles. The third kappa shape index (κ3) is 5.11. The molecule has 0 radical (unpaired) electrons. The molecule has 8 heteroatoms. The summed E-state index contributed by atoms with van der Waals surface area (Å²) < 4.78 is 1.73. The smallest absolute Gasteiger partial charge is 0.269 e. The summed E-state index contributed by atoms with van der Waals surface area (Å²) in [6.45, 7) is 3.42. The van der Waals surface area contributed by atoms with Gasteiger partial charge < -0.3 is 16.2 Å². The van der Waals surface area contributed by atoms with Crippen molar-refractivity contribution >= 4 is 35.2 Å². The van der Waals surface area contributed by atoms with E-state index in [-0.39, 0.29) is 11.6 Å². The third-order valence-electron chi connectivity index (χ3n) is 6.42. The quantitative estimate of drug-likeness (QED) is 0.311. The molecule has 0 spiro atoms. The van der Waals surface area contributed by atoms with Crippen molar-refractivity contribution < 1.29 is 14.7 Å². The maximum atomic E-state index is 12.9. The Morgan fingerprint density at radius 2 is 1.82 bits per heavy atom. The molecule has 2 amide bonds. The van der Waals surface area contributed by atoms with E-state index in [9.17, 15) is 14.7 Å². The minimum atomic E-state index is -0.918. The van der Waals surface area contributed by atoms with Gasteiger partial charge in [-0.15, -0.1) is 0 Å². The summed E-state index contributed by atoms with van der Waals surface area (Å²) in [6, 6.07) is 20.2. The largest absolute Gasteiger partial charge is 0.386 e. The molecule has 1 aliphatic rings. The first-order valence-corrected chi connectivity index (χ1v) is 12.6. The highest BCUT2D eigenvalue weighted by molar-refractivity contribution is 6.34. The van der Waals surface area contributed by atoms with Crippen LogP contribution in [0, 0.1) is 0 Å². The Kier molecular flexibility index (Phi) is 6.65. The normalized spacial score (nSPS) is 12.7. The minimum Gasteiger partial charge on any atom is -0.386 e. The van der Waals surface area contributed by atoms with Gasteiger partial charge in [-0.1, -0.05) is 54.1 Å². The van der Waals surface area contributed by atoms with Crippen LogP contribution in [0.25, 0.3) is 23.0 Å². The van der Waals surface area contributed by atoms with Gasteiger partial charge in [0.2, 0.25) is 0 Å². The molecule has 0 unspecified atom stereocenters. The van der Waals surface area contributed by atoms with E-state index in [0.29, 0.717) is 29.1 Å². The van der Waals surface area contributed by atoms with Crippen molar-refractivity contribution in [3.05, 3.63) is 106 Å². The Morgan fingerprint density at radius 1 is 1.08 bits per heavy atom. The van der Waals surface area contributed by atoms with E-state index in [4.69, 9.17) is 17.3 Å². The van der Waals surface area contributed by atoms with Gasteiger partial charge in [0.1, 0.15) is 0 Å². The second-order valence-electron chi connectivity index (χ2n) is 9.84. The molecule has 38 heavy (non-hydrogen) atoms. The first-order valence-electron chi connectivity index (χ1n) is 12.2. The number of nitrogens with one attached hydrogen (secondary N) is 1. The van der Waals surface area contributed by atoms with Gasteiger partial charge in [-0.05, 0) is 74.2 Å². The first kappa shape index (κ1) is 25.4. The Morgan fingerprint density at radius 3 is 2.50 bits per heavy atom. The van der Waals surface area contributed by atoms with Gasteiger partial charge >= 0.3 is 0 Å². The van der Waals surface area contributed by atoms with Crippen molar-refractivity contribution in [2.45, 2.75) is 32.3 Å². The molecule has 3 aromatic carbocycles. The third-order valence-corrected chi connectivity index (χ3v) is 6.75. The van der Waals surface area contributed by atoms with Crippen molar-refractivity contribution in [2.75, 3.05) is 5.32 Å². The van der Waals surface area contributed by atoms with Crippen molar-refractivity contribution in [3.8, 4) is 16.9 Å². The second-order valence-corrected chi connectivity index (χ2v) is 10.2. The number of carbonyl (C=O) groups excluding carboxylic acids is 2.